The Hall–Kier alpha value is -0.610. The van der Waals surface area contributed by atoms with Crippen molar-refractivity contribution in [2.45, 2.75) is 19.4 Å². The molecule has 0 fully saturated rings. The van der Waals surface area contributed by atoms with E-state index in [0.29, 0.717) is 6.54 Å². The minimum atomic E-state index is 0.172. The number of likely N-dealkylation sites (N-methyl/N-ethyl adjacent to an activating group) is 1. The van der Waals surface area contributed by atoms with E-state index in [0.717, 1.165) is 30.1 Å². The Morgan fingerprint density at radius 2 is 2.24 bits per heavy atom. The number of nitrogens with two attached hydrogens (primary N) is 1. The van der Waals surface area contributed by atoms with Crippen LogP contribution in [0.2, 0.25) is 5.02 Å². The highest BCUT2D eigenvalue weighted by molar-refractivity contribution is 6.30. The van der Waals surface area contributed by atoms with Crippen molar-refractivity contribution in [3.63, 3.8) is 0 Å². The number of nitrogens with zero attached hydrogens (tertiary/aromatic N) is 1. The van der Waals surface area contributed by atoms with Crippen LogP contribution in [0.1, 0.15) is 24.9 Å². The van der Waals surface area contributed by atoms with Gasteiger partial charge in [0.1, 0.15) is 0 Å². The van der Waals surface area contributed by atoms with Gasteiger partial charge in [-0.2, -0.15) is 0 Å². The zero-order chi connectivity index (χ0) is 12.7. The smallest absolute Gasteiger partial charge is 0.0470 e. The molecular weight excluding hydrogens is 236 g/mol. The predicted octanol–water partition coefficient (Wildman–Crippen LogP) is 2.04. The summed E-state index contributed by atoms with van der Waals surface area (Å²) in [6.45, 7) is 4.63. The van der Waals surface area contributed by atoms with E-state index < -0.39 is 0 Å². The summed E-state index contributed by atoms with van der Waals surface area (Å²) in [5.74, 6) is 0. The Labute approximate surface area is 108 Å². The molecule has 1 aromatic rings. The van der Waals surface area contributed by atoms with Gasteiger partial charge in [-0.15, -0.1) is 0 Å². The Morgan fingerprint density at radius 3 is 2.76 bits per heavy atom. The minimum Gasteiger partial charge on any atom is -0.396 e. The van der Waals surface area contributed by atoms with Crippen LogP contribution in [0.15, 0.2) is 24.3 Å². The molecule has 0 amide bonds. The topological polar surface area (TPSA) is 49.5 Å². The van der Waals surface area contributed by atoms with Gasteiger partial charge in [-0.1, -0.05) is 30.7 Å². The van der Waals surface area contributed by atoms with Crippen LogP contribution in [0.5, 0.6) is 0 Å². The van der Waals surface area contributed by atoms with E-state index in [9.17, 15) is 0 Å². The summed E-state index contributed by atoms with van der Waals surface area (Å²) in [7, 11) is 0. The molecule has 0 aromatic heterocycles. The van der Waals surface area contributed by atoms with Crippen LogP contribution in [0, 0.1) is 0 Å². The van der Waals surface area contributed by atoms with Crippen LogP contribution in [-0.2, 0) is 0 Å². The Morgan fingerprint density at radius 1 is 1.47 bits per heavy atom. The van der Waals surface area contributed by atoms with Crippen molar-refractivity contribution in [3.05, 3.63) is 34.9 Å². The Balaban J connectivity index is 2.81. The standard InChI is InChI=1S/C13H21ClN2O/c1-2-16(7-4-8-17)13(10-15)11-5-3-6-12(14)9-11/h3,5-6,9,13,17H,2,4,7-8,10,15H2,1H3. The van der Waals surface area contributed by atoms with E-state index in [-0.39, 0.29) is 12.6 Å². The highest BCUT2D eigenvalue weighted by Crippen LogP contribution is 2.22. The third-order valence-corrected chi connectivity index (χ3v) is 3.14. The first-order valence-corrected chi connectivity index (χ1v) is 6.41. The SMILES string of the molecule is CCN(CCCO)C(CN)c1cccc(Cl)c1. The average Bonchev–Trinajstić information content (AvgIpc) is 2.34. The quantitative estimate of drug-likeness (QED) is 0.785. The fourth-order valence-corrected chi connectivity index (χ4v) is 2.22. The molecule has 0 saturated carbocycles. The van der Waals surface area contributed by atoms with Gasteiger partial charge in [0, 0.05) is 30.8 Å². The molecule has 0 radical (unpaired) electrons. The normalized spacial score (nSPS) is 13.0. The molecule has 0 spiro atoms. The zero-order valence-corrected chi connectivity index (χ0v) is 11.0. The van der Waals surface area contributed by atoms with Crippen molar-refractivity contribution in [3.8, 4) is 0 Å². The van der Waals surface area contributed by atoms with Crippen molar-refractivity contribution in [1.82, 2.24) is 4.90 Å². The lowest BCUT2D eigenvalue weighted by Crippen LogP contribution is -2.34. The van der Waals surface area contributed by atoms with E-state index in [1.807, 2.05) is 24.3 Å². The van der Waals surface area contributed by atoms with Gasteiger partial charge in [-0.05, 0) is 30.7 Å². The molecule has 0 bridgehead atoms. The molecule has 3 N–H and O–H groups in total. The summed E-state index contributed by atoms with van der Waals surface area (Å²) in [5, 5.41) is 9.64. The summed E-state index contributed by atoms with van der Waals surface area (Å²) in [4.78, 5) is 2.27. The lowest BCUT2D eigenvalue weighted by atomic mass is 10.1. The number of hydrogen-bond donors (Lipinski definition) is 2. The van der Waals surface area contributed by atoms with Crippen LogP contribution in [0.4, 0.5) is 0 Å². The third kappa shape index (κ3) is 4.28. The summed E-state index contributed by atoms with van der Waals surface area (Å²) < 4.78 is 0. The zero-order valence-electron chi connectivity index (χ0n) is 10.3. The first-order chi connectivity index (χ1) is 8.22. The molecular formula is C13H21ClN2O. The highest BCUT2D eigenvalue weighted by atomic mass is 35.5. The van der Waals surface area contributed by atoms with Crippen LogP contribution in [0.3, 0.4) is 0 Å². The van der Waals surface area contributed by atoms with Crippen molar-refractivity contribution in [2.24, 2.45) is 5.73 Å². The molecule has 1 aromatic carbocycles. The van der Waals surface area contributed by atoms with Crippen LogP contribution < -0.4 is 5.73 Å². The molecule has 0 aliphatic carbocycles. The van der Waals surface area contributed by atoms with E-state index in [2.05, 4.69) is 11.8 Å². The second kappa shape index (κ2) is 7.67. The maximum absolute atomic E-state index is 8.90. The maximum Gasteiger partial charge on any atom is 0.0470 e. The molecule has 0 heterocycles. The third-order valence-electron chi connectivity index (χ3n) is 2.91. The summed E-state index contributed by atoms with van der Waals surface area (Å²) in [6.07, 6.45) is 0.769. The molecule has 0 aliphatic rings. The molecule has 1 atom stereocenters. The molecule has 4 heteroatoms. The Kier molecular flexibility index (Phi) is 6.52. The molecule has 3 nitrogen and oxygen atoms in total. The minimum absolute atomic E-state index is 0.172. The van der Waals surface area contributed by atoms with Gasteiger partial charge < -0.3 is 10.8 Å². The number of aliphatic hydroxyl groups excluding tert-OH is 1. The number of benzene rings is 1. The first-order valence-electron chi connectivity index (χ1n) is 6.03. The van der Waals surface area contributed by atoms with E-state index in [4.69, 9.17) is 22.4 Å². The lowest BCUT2D eigenvalue weighted by molar-refractivity contribution is 0.185. The number of hydrogen-bond acceptors (Lipinski definition) is 3. The molecule has 96 valence electrons. The van der Waals surface area contributed by atoms with Gasteiger partial charge in [0.25, 0.3) is 0 Å². The van der Waals surface area contributed by atoms with Crippen molar-refractivity contribution in [1.29, 1.82) is 0 Å². The van der Waals surface area contributed by atoms with Gasteiger partial charge in [-0.3, -0.25) is 4.90 Å². The largest absolute Gasteiger partial charge is 0.396 e. The van der Waals surface area contributed by atoms with Crippen molar-refractivity contribution < 1.29 is 5.11 Å². The first kappa shape index (κ1) is 14.5. The van der Waals surface area contributed by atoms with Crippen molar-refractivity contribution in [2.75, 3.05) is 26.2 Å². The van der Waals surface area contributed by atoms with Gasteiger partial charge in [0.2, 0.25) is 0 Å². The highest BCUT2D eigenvalue weighted by Gasteiger charge is 2.17. The molecule has 1 rings (SSSR count). The summed E-state index contributed by atoms with van der Waals surface area (Å²) in [5.41, 5.74) is 6.99. The van der Waals surface area contributed by atoms with Crippen LogP contribution >= 0.6 is 11.6 Å². The summed E-state index contributed by atoms with van der Waals surface area (Å²) >= 11 is 6.00. The predicted molar refractivity (Wildman–Crippen MR) is 72.2 cm³/mol. The Bertz CT molecular complexity index is 333. The molecule has 1 unspecified atom stereocenters. The molecule has 0 aliphatic heterocycles. The van der Waals surface area contributed by atoms with Crippen LogP contribution in [0.25, 0.3) is 0 Å². The van der Waals surface area contributed by atoms with E-state index in [1.54, 1.807) is 0 Å². The second-order valence-electron chi connectivity index (χ2n) is 4.01. The second-order valence-corrected chi connectivity index (χ2v) is 4.45. The fraction of sp³-hybridized carbons (Fsp3) is 0.538. The monoisotopic (exact) mass is 256 g/mol. The van der Waals surface area contributed by atoms with Gasteiger partial charge >= 0.3 is 0 Å². The molecule has 0 saturated heterocycles. The number of halogens is 1. The van der Waals surface area contributed by atoms with Crippen LogP contribution in [-0.4, -0.2) is 36.2 Å². The van der Waals surface area contributed by atoms with Gasteiger partial charge in [-0.25, -0.2) is 0 Å². The number of rotatable bonds is 7. The maximum atomic E-state index is 8.90. The van der Waals surface area contributed by atoms with Gasteiger partial charge in [0.15, 0.2) is 0 Å². The van der Waals surface area contributed by atoms with E-state index in [1.165, 1.54) is 0 Å². The number of aliphatic hydroxyl groups is 1. The molecule has 17 heavy (non-hydrogen) atoms. The summed E-state index contributed by atoms with van der Waals surface area (Å²) in [6, 6.07) is 7.99. The van der Waals surface area contributed by atoms with E-state index >= 15 is 0 Å². The van der Waals surface area contributed by atoms with Gasteiger partial charge in [0.05, 0.1) is 0 Å². The average molecular weight is 257 g/mol. The van der Waals surface area contributed by atoms with Crippen molar-refractivity contribution >= 4 is 11.6 Å². The lowest BCUT2D eigenvalue weighted by Gasteiger charge is -2.30. The fourth-order valence-electron chi connectivity index (χ4n) is 2.02.